The Kier molecular flexibility index (Phi) is 4.57. The molecule has 2 heterocycles. The SMILES string of the molecule is CCc1cc(NC(=O)N(C)Cc2csnc2OC)no1. The van der Waals surface area contributed by atoms with Crippen LogP contribution in [0.4, 0.5) is 10.6 Å². The van der Waals surface area contributed by atoms with E-state index in [1.165, 1.54) is 16.4 Å². The van der Waals surface area contributed by atoms with Gasteiger partial charge in [0.2, 0.25) is 5.88 Å². The first kappa shape index (κ1) is 14.3. The summed E-state index contributed by atoms with van der Waals surface area (Å²) in [4.78, 5) is 13.5. The number of carbonyl (C=O) groups is 1. The van der Waals surface area contributed by atoms with Gasteiger partial charge in [-0.3, -0.25) is 5.32 Å². The first-order chi connectivity index (χ1) is 9.63. The van der Waals surface area contributed by atoms with Gasteiger partial charge in [-0.25, -0.2) is 4.79 Å². The first-order valence-electron chi connectivity index (χ1n) is 6.09. The molecule has 8 heteroatoms. The predicted octanol–water partition coefficient (Wildman–Crippen LogP) is 2.37. The van der Waals surface area contributed by atoms with E-state index >= 15 is 0 Å². The van der Waals surface area contributed by atoms with E-state index in [0.717, 1.165) is 17.7 Å². The number of hydrogen-bond acceptors (Lipinski definition) is 6. The van der Waals surface area contributed by atoms with Gasteiger partial charge in [-0.05, 0) is 11.5 Å². The molecule has 7 nitrogen and oxygen atoms in total. The molecule has 20 heavy (non-hydrogen) atoms. The molecule has 0 atom stereocenters. The molecular weight excluding hydrogens is 280 g/mol. The number of hydrogen-bond donors (Lipinski definition) is 1. The average molecular weight is 296 g/mol. The van der Waals surface area contributed by atoms with Crippen LogP contribution in [0.3, 0.4) is 0 Å². The zero-order valence-corrected chi connectivity index (χ0v) is 12.4. The number of carbonyl (C=O) groups excluding carboxylic acids is 1. The third-order valence-corrected chi connectivity index (χ3v) is 3.36. The van der Waals surface area contributed by atoms with Crippen LogP contribution < -0.4 is 10.1 Å². The molecule has 108 valence electrons. The summed E-state index contributed by atoms with van der Waals surface area (Å²) >= 11 is 1.29. The molecule has 2 aromatic rings. The van der Waals surface area contributed by atoms with Crippen molar-refractivity contribution in [1.82, 2.24) is 14.4 Å². The van der Waals surface area contributed by atoms with Crippen LogP contribution in [0.15, 0.2) is 16.0 Å². The van der Waals surface area contributed by atoms with Gasteiger partial charge in [0.15, 0.2) is 5.82 Å². The average Bonchev–Trinajstić information content (AvgIpc) is 3.07. The van der Waals surface area contributed by atoms with E-state index in [1.54, 1.807) is 20.2 Å². The van der Waals surface area contributed by atoms with Crippen LogP contribution in [0.25, 0.3) is 0 Å². The van der Waals surface area contributed by atoms with Crippen molar-refractivity contribution < 1.29 is 14.1 Å². The second-order valence-corrected chi connectivity index (χ2v) is 4.80. The number of nitrogens with zero attached hydrogens (tertiary/aromatic N) is 3. The summed E-state index contributed by atoms with van der Waals surface area (Å²) in [7, 11) is 3.24. The standard InChI is InChI=1S/C12H16N4O3S/c1-4-9-5-10(14-19-9)13-12(17)16(2)6-8-7-20-15-11(8)18-3/h5,7H,4,6H2,1-3H3,(H,13,14,17). The third-order valence-electron chi connectivity index (χ3n) is 2.70. The normalized spacial score (nSPS) is 10.3. The van der Waals surface area contributed by atoms with Crippen LogP contribution in [-0.2, 0) is 13.0 Å². The fourth-order valence-corrected chi connectivity index (χ4v) is 2.23. The van der Waals surface area contributed by atoms with E-state index < -0.39 is 0 Å². The van der Waals surface area contributed by atoms with E-state index in [2.05, 4.69) is 14.8 Å². The van der Waals surface area contributed by atoms with Crippen LogP contribution in [0.1, 0.15) is 18.2 Å². The van der Waals surface area contributed by atoms with Crippen molar-refractivity contribution in [3.05, 3.63) is 22.8 Å². The summed E-state index contributed by atoms with van der Waals surface area (Å²) in [6.45, 7) is 2.36. The Morgan fingerprint density at radius 3 is 3.05 bits per heavy atom. The van der Waals surface area contributed by atoms with Crippen LogP contribution in [0, 0.1) is 0 Å². The topological polar surface area (TPSA) is 80.5 Å². The number of nitrogens with one attached hydrogen (secondary N) is 1. The Hall–Kier alpha value is -2.09. The van der Waals surface area contributed by atoms with Crippen LogP contribution in [-0.4, -0.2) is 34.6 Å². The minimum atomic E-state index is -0.269. The van der Waals surface area contributed by atoms with E-state index in [9.17, 15) is 4.79 Å². The van der Waals surface area contributed by atoms with Crippen LogP contribution in [0.5, 0.6) is 5.88 Å². The number of rotatable bonds is 5. The first-order valence-corrected chi connectivity index (χ1v) is 6.92. The summed E-state index contributed by atoms with van der Waals surface area (Å²) in [6.07, 6.45) is 0.733. The molecule has 0 bridgehead atoms. The Labute approximate surface area is 120 Å². The summed E-state index contributed by atoms with van der Waals surface area (Å²) in [5.41, 5.74) is 0.865. The lowest BCUT2D eigenvalue weighted by Crippen LogP contribution is -2.30. The Bertz CT molecular complexity index is 581. The Morgan fingerprint density at radius 2 is 2.40 bits per heavy atom. The highest BCUT2D eigenvalue weighted by Crippen LogP contribution is 2.20. The second-order valence-electron chi connectivity index (χ2n) is 4.17. The van der Waals surface area contributed by atoms with Crippen molar-refractivity contribution in [2.45, 2.75) is 19.9 Å². The maximum absolute atomic E-state index is 12.0. The molecule has 0 fully saturated rings. The van der Waals surface area contributed by atoms with Gasteiger partial charge in [0.25, 0.3) is 0 Å². The van der Waals surface area contributed by atoms with E-state index in [1.807, 2.05) is 12.3 Å². The number of aryl methyl sites for hydroxylation is 1. The van der Waals surface area contributed by atoms with Crippen molar-refractivity contribution in [3.63, 3.8) is 0 Å². The molecule has 2 amide bonds. The van der Waals surface area contributed by atoms with Gasteiger partial charge >= 0.3 is 6.03 Å². The summed E-state index contributed by atoms with van der Waals surface area (Å²) < 4.78 is 14.2. The third kappa shape index (κ3) is 3.27. The zero-order chi connectivity index (χ0) is 14.5. The van der Waals surface area contributed by atoms with E-state index in [0.29, 0.717) is 18.2 Å². The van der Waals surface area contributed by atoms with Gasteiger partial charge in [0, 0.05) is 30.5 Å². The molecule has 1 N–H and O–H groups in total. The molecule has 0 saturated carbocycles. The quantitative estimate of drug-likeness (QED) is 0.916. The number of amides is 2. The summed E-state index contributed by atoms with van der Waals surface area (Å²) in [6, 6.07) is 1.44. The maximum Gasteiger partial charge on any atom is 0.323 e. The lowest BCUT2D eigenvalue weighted by atomic mass is 10.3. The molecule has 0 unspecified atom stereocenters. The summed E-state index contributed by atoms with van der Waals surface area (Å²) in [5.74, 6) is 1.69. The second kappa shape index (κ2) is 6.38. The van der Waals surface area contributed by atoms with Gasteiger partial charge in [-0.2, -0.15) is 4.37 Å². The van der Waals surface area contributed by atoms with E-state index in [4.69, 9.17) is 9.26 Å². The highest BCUT2D eigenvalue weighted by atomic mass is 32.1. The zero-order valence-electron chi connectivity index (χ0n) is 11.5. The molecule has 0 radical (unpaired) electrons. The highest BCUT2D eigenvalue weighted by molar-refractivity contribution is 7.03. The number of aromatic nitrogens is 2. The molecule has 0 aromatic carbocycles. The molecular formula is C12H16N4O3S. The predicted molar refractivity (Wildman–Crippen MR) is 75.0 cm³/mol. The largest absolute Gasteiger partial charge is 0.480 e. The Morgan fingerprint density at radius 1 is 1.60 bits per heavy atom. The van der Waals surface area contributed by atoms with E-state index in [-0.39, 0.29) is 6.03 Å². The van der Waals surface area contributed by atoms with Gasteiger partial charge in [-0.15, -0.1) is 0 Å². The van der Waals surface area contributed by atoms with Crippen LogP contribution in [0.2, 0.25) is 0 Å². The highest BCUT2D eigenvalue weighted by Gasteiger charge is 2.15. The molecule has 0 saturated heterocycles. The molecule has 2 rings (SSSR count). The van der Waals surface area contributed by atoms with Crippen molar-refractivity contribution >= 4 is 23.4 Å². The smallest absolute Gasteiger partial charge is 0.323 e. The van der Waals surface area contributed by atoms with Crippen molar-refractivity contribution in [1.29, 1.82) is 0 Å². The van der Waals surface area contributed by atoms with Crippen molar-refractivity contribution in [3.8, 4) is 5.88 Å². The minimum absolute atomic E-state index is 0.269. The minimum Gasteiger partial charge on any atom is -0.480 e. The molecule has 2 aromatic heterocycles. The number of anilines is 1. The molecule has 0 aliphatic carbocycles. The van der Waals surface area contributed by atoms with Gasteiger partial charge in [0.05, 0.1) is 13.7 Å². The fourth-order valence-electron chi connectivity index (χ4n) is 1.59. The molecule has 0 spiro atoms. The Balaban J connectivity index is 1.95. The molecule has 0 aliphatic rings. The van der Waals surface area contributed by atoms with Gasteiger partial charge in [-0.1, -0.05) is 12.1 Å². The number of methoxy groups -OCH3 is 1. The number of urea groups is 1. The lowest BCUT2D eigenvalue weighted by Gasteiger charge is -2.16. The lowest BCUT2D eigenvalue weighted by molar-refractivity contribution is 0.220. The monoisotopic (exact) mass is 296 g/mol. The van der Waals surface area contributed by atoms with Gasteiger partial charge in [0.1, 0.15) is 5.76 Å². The fraction of sp³-hybridized carbons (Fsp3) is 0.417. The van der Waals surface area contributed by atoms with Crippen molar-refractivity contribution in [2.24, 2.45) is 0 Å². The molecule has 0 aliphatic heterocycles. The van der Waals surface area contributed by atoms with Gasteiger partial charge < -0.3 is 14.2 Å². The summed E-state index contributed by atoms with van der Waals surface area (Å²) in [5, 5.41) is 8.30. The number of ether oxygens (including phenoxy) is 1. The maximum atomic E-state index is 12.0. The van der Waals surface area contributed by atoms with Crippen LogP contribution >= 0.6 is 11.5 Å². The van der Waals surface area contributed by atoms with Crippen molar-refractivity contribution in [2.75, 3.05) is 19.5 Å².